The molecule has 0 spiro atoms. The molecule has 1 aliphatic rings. The van der Waals surface area contributed by atoms with Crippen molar-refractivity contribution in [2.24, 2.45) is 0 Å². The fraction of sp³-hybridized carbons (Fsp3) is 0.538. The summed E-state index contributed by atoms with van der Waals surface area (Å²) < 4.78 is 17.8. The molecule has 94 valence electrons. The maximum Gasteiger partial charge on any atom is 0.157 e. The molecule has 1 aromatic carbocycles. The van der Waals surface area contributed by atoms with Gasteiger partial charge in [0, 0.05) is 6.61 Å². The SMILES string of the molecule is Ic1ccccc1OCCO[C@H]1CCCCO1. The van der Waals surface area contributed by atoms with Crippen LogP contribution in [0.25, 0.3) is 0 Å². The van der Waals surface area contributed by atoms with Crippen molar-refractivity contribution in [3.05, 3.63) is 27.8 Å². The quantitative estimate of drug-likeness (QED) is 0.604. The van der Waals surface area contributed by atoms with Crippen molar-refractivity contribution >= 4 is 22.6 Å². The third kappa shape index (κ3) is 4.44. The third-order valence-electron chi connectivity index (χ3n) is 2.62. The summed E-state index contributed by atoms with van der Waals surface area (Å²) >= 11 is 2.26. The van der Waals surface area contributed by atoms with Gasteiger partial charge in [-0.25, -0.2) is 0 Å². The minimum atomic E-state index is -0.0257. The van der Waals surface area contributed by atoms with Crippen LogP contribution in [0.5, 0.6) is 5.75 Å². The highest BCUT2D eigenvalue weighted by molar-refractivity contribution is 14.1. The summed E-state index contributed by atoms with van der Waals surface area (Å²) in [4.78, 5) is 0. The molecule has 17 heavy (non-hydrogen) atoms. The Morgan fingerprint density at radius 3 is 2.88 bits per heavy atom. The Balaban J connectivity index is 1.64. The summed E-state index contributed by atoms with van der Waals surface area (Å²) in [6, 6.07) is 7.98. The minimum absolute atomic E-state index is 0.0257. The van der Waals surface area contributed by atoms with Crippen molar-refractivity contribution in [3.8, 4) is 5.75 Å². The number of rotatable bonds is 5. The molecule has 3 nitrogen and oxygen atoms in total. The molecule has 1 fully saturated rings. The normalized spacial score (nSPS) is 20.2. The first-order valence-corrected chi connectivity index (χ1v) is 7.04. The van der Waals surface area contributed by atoms with Crippen LogP contribution in [0.3, 0.4) is 0 Å². The second-order valence-electron chi connectivity index (χ2n) is 3.95. The van der Waals surface area contributed by atoms with E-state index in [-0.39, 0.29) is 6.29 Å². The molecule has 1 saturated heterocycles. The lowest BCUT2D eigenvalue weighted by Crippen LogP contribution is -2.24. The van der Waals surface area contributed by atoms with Gasteiger partial charge in [0.05, 0.1) is 10.2 Å². The van der Waals surface area contributed by atoms with Crippen LogP contribution in [0.2, 0.25) is 0 Å². The van der Waals surface area contributed by atoms with E-state index in [9.17, 15) is 0 Å². The molecule has 0 radical (unpaired) electrons. The van der Waals surface area contributed by atoms with Crippen LogP contribution in [-0.4, -0.2) is 26.1 Å². The van der Waals surface area contributed by atoms with Crippen LogP contribution >= 0.6 is 22.6 Å². The summed E-state index contributed by atoms with van der Waals surface area (Å²) in [7, 11) is 0. The predicted molar refractivity (Wildman–Crippen MR) is 74.2 cm³/mol. The maximum absolute atomic E-state index is 5.64. The smallest absolute Gasteiger partial charge is 0.157 e. The van der Waals surface area contributed by atoms with Gasteiger partial charge in [-0.1, -0.05) is 12.1 Å². The van der Waals surface area contributed by atoms with E-state index in [4.69, 9.17) is 14.2 Å². The van der Waals surface area contributed by atoms with Gasteiger partial charge in [0.15, 0.2) is 6.29 Å². The van der Waals surface area contributed by atoms with Gasteiger partial charge in [-0.15, -0.1) is 0 Å². The van der Waals surface area contributed by atoms with Crippen molar-refractivity contribution < 1.29 is 14.2 Å². The Morgan fingerprint density at radius 2 is 2.12 bits per heavy atom. The molecule has 1 heterocycles. The van der Waals surface area contributed by atoms with Crippen molar-refractivity contribution in [2.45, 2.75) is 25.6 Å². The number of hydrogen-bond donors (Lipinski definition) is 0. The molecule has 0 saturated carbocycles. The molecule has 0 bridgehead atoms. The number of benzene rings is 1. The van der Waals surface area contributed by atoms with E-state index in [0.29, 0.717) is 13.2 Å². The van der Waals surface area contributed by atoms with Gasteiger partial charge in [0.2, 0.25) is 0 Å². The summed E-state index contributed by atoms with van der Waals surface area (Å²) in [5.74, 6) is 0.918. The molecule has 1 aliphatic heterocycles. The van der Waals surface area contributed by atoms with Crippen LogP contribution < -0.4 is 4.74 Å². The van der Waals surface area contributed by atoms with Crippen molar-refractivity contribution in [1.82, 2.24) is 0 Å². The van der Waals surface area contributed by atoms with Gasteiger partial charge < -0.3 is 14.2 Å². The van der Waals surface area contributed by atoms with Gasteiger partial charge in [-0.05, 0) is 54.0 Å². The highest BCUT2D eigenvalue weighted by atomic mass is 127. The molecule has 0 amide bonds. The van der Waals surface area contributed by atoms with Crippen LogP contribution in [0.1, 0.15) is 19.3 Å². The Labute approximate surface area is 116 Å². The van der Waals surface area contributed by atoms with Gasteiger partial charge >= 0.3 is 0 Å². The molecular weight excluding hydrogens is 331 g/mol. The lowest BCUT2D eigenvalue weighted by molar-refractivity contribution is -0.165. The van der Waals surface area contributed by atoms with Gasteiger partial charge in [0.25, 0.3) is 0 Å². The van der Waals surface area contributed by atoms with E-state index in [2.05, 4.69) is 22.6 Å². The minimum Gasteiger partial charge on any atom is -0.490 e. The zero-order valence-corrected chi connectivity index (χ0v) is 11.9. The van der Waals surface area contributed by atoms with Crippen LogP contribution in [-0.2, 0) is 9.47 Å². The Hall–Kier alpha value is -0.330. The molecule has 2 rings (SSSR count). The Bertz CT molecular complexity index is 337. The number of para-hydroxylation sites is 1. The molecule has 0 aromatic heterocycles. The zero-order valence-electron chi connectivity index (χ0n) is 9.73. The van der Waals surface area contributed by atoms with E-state index >= 15 is 0 Å². The monoisotopic (exact) mass is 348 g/mol. The van der Waals surface area contributed by atoms with Gasteiger partial charge in [-0.2, -0.15) is 0 Å². The highest BCUT2D eigenvalue weighted by Gasteiger charge is 2.13. The highest BCUT2D eigenvalue weighted by Crippen LogP contribution is 2.19. The first kappa shape index (κ1) is 13.1. The lowest BCUT2D eigenvalue weighted by Gasteiger charge is -2.22. The van der Waals surface area contributed by atoms with Crippen molar-refractivity contribution in [3.63, 3.8) is 0 Å². The second kappa shape index (κ2) is 7.18. The van der Waals surface area contributed by atoms with E-state index in [1.807, 2.05) is 24.3 Å². The molecular formula is C13H17IO3. The van der Waals surface area contributed by atoms with Crippen LogP contribution in [0, 0.1) is 3.57 Å². The van der Waals surface area contributed by atoms with Crippen molar-refractivity contribution in [1.29, 1.82) is 0 Å². The zero-order chi connectivity index (χ0) is 11.9. The fourth-order valence-corrected chi connectivity index (χ4v) is 2.28. The third-order valence-corrected chi connectivity index (χ3v) is 3.51. The van der Waals surface area contributed by atoms with E-state index < -0.39 is 0 Å². The van der Waals surface area contributed by atoms with Gasteiger partial charge in [-0.3, -0.25) is 0 Å². The number of ether oxygens (including phenoxy) is 3. The Kier molecular flexibility index (Phi) is 5.54. The van der Waals surface area contributed by atoms with Gasteiger partial charge in [0.1, 0.15) is 12.4 Å². The first-order chi connectivity index (χ1) is 8.36. The molecule has 4 heteroatoms. The van der Waals surface area contributed by atoms with E-state index in [1.54, 1.807) is 0 Å². The Morgan fingerprint density at radius 1 is 1.24 bits per heavy atom. The van der Waals surface area contributed by atoms with Crippen LogP contribution in [0.15, 0.2) is 24.3 Å². The molecule has 0 unspecified atom stereocenters. The predicted octanol–water partition coefficient (Wildman–Crippen LogP) is 3.21. The molecule has 1 atom stereocenters. The summed E-state index contributed by atoms with van der Waals surface area (Å²) in [5.41, 5.74) is 0. The van der Waals surface area contributed by atoms with E-state index in [1.165, 1.54) is 6.42 Å². The molecule has 0 aliphatic carbocycles. The first-order valence-electron chi connectivity index (χ1n) is 5.97. The van der Waals surface area contributed by atoms with E-state index in [0.717, 1.165) is 28.8 Å². The summed E-state index contributed by atoms with van der Waals surface area (Å²) in [6.07, 6.45) is 3.32. The summed E-state index contributed by atoms with van der Waals surface area (Å²) in [5, 5.41) is 0. The van der Waals surface area contributed by atoms with Crippen LogP contribution in [0.4, 0.5) is 0 Å². The standard InChI is InChI=1S/C13H17IO3/c14-11-5-1-2-6-12(11)15-9-10-17-13-7-3-4-8-16-13/h1-2,5-6,13H,3-4,7-10H2/t13-/m0/s1. The number of hydrogen-bond acceptors (Lipinski definition) is 3. The average Bonchev–Trinajstić information content (AvgIpc) is 2.38. The summed E-state index contributed by atoms with van der Waals surface area (Å²) in [6.45, 7) is 1.97. The topological polar surface area (TPSA) is 27.7 Å². The maximum atomic E-state index is 5.64. The largest absolute Gasteiger partial charge is 0.490 e. The second-order valence-corrected chi connectivity index (χ2v) is 5.11. The molecule has 1 aromatic rings. The van der Waals surface area contributed by atoms with Crippen molar-refractivity contribution in [2.75, 3.05) is 19.8 Å². The molecule has 0 N–H and O–H groups in total. The average molecular weight is 348 g/mol. The number of halogens is 1. The lowest BCUT2D eigenvalue weighted by atomic mass is 10.2. The fourth-order valence-electron chi connectivity index (χ4n) is 1.74.